The van der Waals surface area contributed by atoms with Gasteiger partial charge in [0.2, 0.25) is 0 Å². The molecule has 1 atom stereocenters. The largest absolute Gasteiger partial charge is 0.481 e. The van der Waals surface area contributed by atoms with E-state index in [9.17, 15) is 9.59 Å². The van der Waals surface area contributed by atoms with Gasteiger partial charge in [0.15, 0.2) is 0 Å². The van der Waals surface area contributed by atoms with Gasteiger partial charge in [-0.15, -0.1) is 0 Å². The molecule has 22 heavy (non-hydrogen) atoms. The Morgan fingerprint density at radius 3 is 1.91 bits per heavy atom. The van der Waals surface area contributed by atoms with E-state index >= 15 is 0 Å². The minimum atomic E-state index is -1.06. The summed E-state index contributed by atoms with van der Waals surface area (Å²) in [5.41, 5.74) is 0. The van der Waals surface area contributed by atoms with Crippen molar-refractivity contribution in [1.29, 1.82) is 0 Å². The standard InChI is InChI=1S/C18H32O4/c1-2-3-4-5-6-7-8-9-10-11-12-13-14-16(18(21)22)15-17(19)20/h12-13,16H,2-11,14-15H2,1H3,(H,19,20)(H,21,22)/b13-12+. The number of carboxylic acid groups (broad SMARTS) is 2. The van der Waals surface area contributed by atoms with Crippen LogP contribution in [0.15, 0.2) is 12.2 Å². The monoisotopic (exact) mass is 312 g/mol. The van der Waals surface area contributed by atoms with Crippen molar-refractivity contribution in [2.24, 2.45) is 5.92 Å². The second-order valence-corrected chi connectivity index (χ2v) is 5.96. The molecule has 0 bridgehead atoms. The third kappa shape index (κ3) is 13.7. The third-order valence-electron chi connectivity index (χ3n) is 3.83. The van der Waals surface area contributed by atoms with E-state index in [1.807, 2.05) is 12.2 Å². The van der Waals surface area contributed by atoms with Gasteiger partial charge in [0.05, 0.1) is 12.3 Å². The topological polar surface area (TPSA) is 74.6 Å². The molecule has 128 valence electrons. The summed E-state index contributed by atoms with van der Waals surface area (Å²) in [6.07, 6.45) is 16.4. The van der Waals surface area contributed by atoms with Gasteiger partial charge < -0.3 is 10.2 Å². The zero-order valence-corrected chi connectivity index (χ0v) is 13.9. The van der Waals surface area contributed by atoms with Gasteiger partial charge in [-0.05, 0) is 19.3 Å². The summed E-state index contributed by atoms with van der Waals surface area (Å²) >= 11 is 0. The maximum absolute atomic E-state index is 10.9. The second kappa shape index (κ2) is 14.6. The maximum Gasteiger partial charge on any atom is 0.307 e. The molecule has 0 amide bonds. The predicted octanol–water partition coefficient (Wildman–Crippen LogP) is 5.03. The van der Waals surface area contributed by atoms with Crippen LogP contribution in [-0.4, -0.2) is 22.2 Å². The first-order valence-electron chi connectivity index (χ1n) is 8.67. The van der Waals surface area contributed by atoms with Gasteiger partial charge in [-0.25, -0.2) is 0 Å². The lowest BCUT2D eigenvalue weighted by atomic mass is 10.0. The zero-order valence-electron chi connectivity index (χ0n) is 13.9. The Morgan fingerprint density at radius 1 is 0.864 bits per heavy atom. The number of rotatable bonds is 15. The molecule has 0 heterocycles. The van der Waals surface area contributed by atoms with Crippen LogP contribution in [0.1, 0.15) is 84.0 Å². The molecular formula is C18H32O4. The Balaban J connectivity index is 3.50. The fraction of sp³-hybridized carbons (Fsp3) is 0.778. The van der Waals surface area contributed by atoms with Gasteiger partial charge >= 0.3 is 11.9 Å². The van der Waals surface area contributed by atoms with Crippen LogP contribution in [0.2, 0.25) is 0 Å². The highest BCUT2D eigenvalue weighted by Gasteiger charge is 2.18. The van der Waals surface area contributed by atoms with E-state index in [0.29, 0.717) is 6.42 Å². The minimum Gasteiger partial charge on any atom is -0.481 e. The lowest BCUT2D eigenvalue weighted by Crippen LogP contribution is -2.16. The van der Waals surface area contributed by atoms with Crippen LogP contribution >= 0.6 is 0 Å². The summed E-state index contributed by atoms with van der Waals surface area (Å²) in [4.78, 5) is 21.4. The van der Waals surface area contributed by atoms with Gasteiger partial charge in [-0.2, -0.15) is 0 Å². The number of aliphatic carboxylic acids is 2. The van der Waals surface area contributed by atoms with E-state index in [0.717, 1.165) is 12.8 Å². The van der Waals surface area contributed by atoms with Crippen LogP contribution in [0, 0.1) is 5.92 Å². The van der Waals surface area contributed by atoms with Crippen molar-refractivity contribution in [3.8, 4) is 0 Å². The van der Waals surface area contributed by atoms with Crippen molar-refractivity contribution in [1.82, 2.24) is 0 Å². The summed E-state index contributed by atoms with van der Waals surface area (Å²) in [6, 6.07) is 0. The number of carboxylic acids is 2. The van der Waals surface area contributed by atoms with Crippen molar-refractivity contribution in [3.05, 3.63) is 12.2 Å². The Labute approximate surface area is 134 Å². The van der Waals surface area contributed by atoms with Crippen LogP contribution in [0.3, 0.4) is 0 Å². The van der Waals surface area contributed by atoms with E-state index in [1.165, 1.54) is 51.4 Å². The summed E-state index contributed by atoms with van der Waals surface area (Å²) in [7, 11) is 0. The summed E-state index contributed by atoms with van der Waals surface area (Å²) in [5, 5.41) is 17.5. The Bertz CT molecular complexity index is 323. The Hall–Kier alpha value is -1.32. The molecular weight excluding hydrogens is 280 g/mol. The molecule has 0 aliphatic carbocycles. The molecule has 0 aliphatic rings. The summed E-state index contributed by atoms with van der Waals surface area (Å²) < 4.78 is 0. The first kappa shape index (κ1) is 20.7. The Kier molecular flexibility index (Phi) is 13.7. The van der Waals surface area contributed by atoms with Gasteiger partial charge in [0.25, 0.3) is 0 Å². The molecule has 4 nitrogen and oxygen atoms in total. The first-order chi connectivity index (χ1) is 10.6. The minimum absolute atomic E-state index is 0.305. The normalized spacial score (nSPS) is 12.6. The summed E-state index contributed by atoms with van der Waals surface area (Å²) in [5.74, 6) is -2.90. The van der Waals surface area contributed by atoms with Crippen molar-refractivity contribution in [3.63, 3.8) is 0 Å². The molecule has 0 aromatic heterocycles. The van der Waals surface area contributed by atoms with Crippen LogP contribution < -0.4 is 0 Å². The molecule has 0 aromatic carbocycles. The van der Waals surface area contributed by atoms with Gasteiger partial charge in [0.1, 0.15) is 0 Å². The highest BCUT2D eigenvalue weighted by molar-refractivity contribution is 5.77. The van der Waals surface area contributed by atoms with Crippen molar-refractivity contribution in [2.45, 2.75) is 84.0 Å². The van der Waals surface area contributed by atoms with E-state index < -0.39 is 17.9 Å². The fourth-order valence-electron chi connectivity index (χ4n) is 2.43. The Morgan fingerprint density at radius 2 is 1.41 bits per heavy atom. The van der Waals surface area contributed by atoms with Crippen LogP contribution in [0.25, 0.3) is 0 Å². The first-order valence-corrected chi connectivity index (χ1v) is 8.67. The average molecular weight is 312 g/mol. The molecule has 0 spiro atoms. The number of hydrogen-bond donors (Lipinski definition) is 2. The highest BCUT2D eigenvalue weighted by atomic mass is 16.4. The molecule has 0 aromatic rings. The van der Waals surface area contributed by atoms with Crippen LogP contribution in [0.5, 0.6) is 0 Å². The smallest absolute Gasteiger partial charge is 0.307 e. The second-order valence-electron chi connectivity index (χ2n) is 5.96. The van der Waals surface area contributed by atoms with Crippen molar-refractivity contribution >= 4 is 11.9 Å². The molecule has 0 saturated heterocycles. The molecule has 2 N–H and O–H groups in total. The lowest BCUT2D eigenvalue weighted by molar-refractivity contribution is -0.148. The highest BCUT2D eigenvalue weighted by Crippen LogP contribution is 2.12. The van der Waals surface area contributed by atoms with Crippen LogP contribution in [0.4, 0.5) is 0 Å². The molecule has 0 aliphatic heterocycles. The van der Waals surface area contributed by atoms with Gasteiger partial charge in [-0.1, -0.05) is 70.4 Å². The number of hydrogen-bond acceptors (Lipinski definition) is 2. The zero-order chi connectivity index (χ0) is 16.6. The fourth-order valence-corrected chi connectivity index (χ4v) is 2.43. The number of carbonyl (C=O) groups is 2. The maximum atomic E-state index is 10.9. The quantitative estimate of drug-likeness (QED) is 0.328. The van der Waals surface area contributed by atoms with E-state index in [-0.39, 0.29) is 6.42 Å². The SMILES string of the molecule is CCCCCCCCCCC/C=C/CC(CC(=O)O)C(=O)O. The predicted molar refractivity (Wildman–Crippen MR) is 89.0 cm³/mol. The third-order valence-corrected chi connectivity index (χ3v) is 3.83. The van der Waals surface area contributed by atoms with Gasteiger partial charge in [0, 0.05) is 0 Å². The molecule has 0 saturated carbocycles. The summed E-state index contributed by atoms with van der Waals surface area (Å²) in [6.45, 7) is 2.23. The molecule has 4 heteroatoms. The molecule has 0 radical (unpaired) electrons. The lowest BCUT2D eigenvalue weighted by Gasteiger charge is -2.05. The van der Waals surface area contributed by atoms with Crippen LogP contribution in [-0.2, 0) is 9.59 Å². The van der Waals surface area contributed by atoms with Crippen molar-refractivity contribution in [2.75, 3.05) is 0 Å². The number of allylic oxidation sites excluding steroid dienone is 2. The van der Waals surface area contributed by atoms with Gasteiger partial charge in [-0.3, -0.25) is 9.59 Å². The average Bonchev–Trinajstić information content (AvgIpc) is 2.46. The molecule has 0 rings (SSSR count). The van der Waals surface area contributed by atoms with E-state index in [1.54, 1.807) is 0 Å². The number of unbranched alkanes of at least 4 members (excludes halogenated alkanes) is 9. The molecule has 1 unspecified atom stereocenters. The van der Waals surface area contributed by atoms with E-state index in [4.69, 9.17) is 10.2 Å². The van der Waals surface area contributed by atoms with Crippen molar-refractivity contribution < 1.29 is 19.8 Å². The molecule has 0 fully saturated rings. The van der Waals surface area contributed by atoms with E-state index in [2.05, 4.69) is 6.92 Å².